The molecule has 5 nitrogen and oxygen atoms in total. The minimum absolute atomic E-state index is 0.365. The van der Waals surface area contributed by atoms with Gasteiger partial charge in [-0.25, -0.2) is 0 Å². The van der Waals surface area contributed by atoms with E-state index in [0.29, 0.717) is 18.0 Å². The number of hydrogen-bond donors (Lipinski definition) is 2. The summed E-state index contributed by atoms with van der Waals surface area (Å²) < 4.78 is 5.21. The molecule has 1 atom stereocenters. The van der Waals surface area contributed by atoms with E-state index in [1.54, 1.807) is 13.0 Å². The molecule has 0 aliphatic carbocycles. The van der Waals surface area contributed by atoms with Crippen LogP contribution in [0.2, 0.25) is 0 Å². The summed E-state index contributed by atoms with van der Waals surface area (Å²) in [6, 6.07) is 10.8. The summed E-state index contributed by atoms with van der Waals surface area (Å²) in [6.07, 6.45) is 0. The Labute approximate surface area is 104 Å². The first-order valence-corrected chi connectivity index (χ1v) is 5.64. The van der Waals surface area contributed by atoms with Gasteiger partial charge in [0.15, 0.2) is 5.76 Å². The molecule has 1 aromatic heterocycles. The third kappa shape index (κ3) is 2.95. The zero-order valence-electron chi connectivity index (χ0n) is 9.96. The molecule has 0 amide bonds. The van der Waals surface area contributed by atoms with Gasteiger partial charge in [-0.3, -0.25) is 10.1 Å². The first kappa shape index (κ1) is 12.3. The van der Waals surface area contributed by atoms with Crippen LogP contribution < -0.4 is 5.32 Å². The zero-order chi connectivity index (χ0) is 13.0. The van der Waals surface area contributed by atoms with E-state index >= 15 is 0 Å². The van der Waals surface area contributed by atoms with Crippen molar-refractivity contribution in [1.29, 1.82) is 0 Å². The molecule has 5 heteroatoms. The Morgan fingerprint density at radius 2 is 2.17 bits per heavy atom. The van der Waals surface area contributed by atoms with Gasteiger partial charge in [-0.05, 0) is 6.92 Å². The molecule has 0 aliphatic rings. The van der Waals surface area contributed by atoms with Crippen molar-refractivity contribution < 1.29 is 14.4 Å². The Kier molecular flexibility index (Phi) is 3.74. The molecular formula is C13H14N2O3. The molecule has 1 aromatic carbocycles. The maximum Gasteiger partial charge on any atom is 0.320 e. The molecule has 0 aliphatic heterocycles. The lowest BCUT2D eigenvalue weighted by atomic mass is 10.1. The van der Waals surface area contributed by atoms with Gasteiger partial charge in [0.2, 0.25) is 0 Å². The van der Waals surface area contributed by atoms with Crippen LogP contribution in [0.1, 0.15) is 12.6 Å². The molecule has 18 heavy (non-hydrogen) atoms. The van der Waals surface area contributed by atoms with Crippen molar-refractivity contribution in [3.63, 3.8) is 0 Å². The summed E-state index contributed by atoms with van der Waals surface area (Å²) >= 11 is 0. The van der Waals surface area contributed by atoms with Crippen molar-refractivity contribution in [2.24, 2.45) is 0 Å². The Balaban J connectivity index is 2.01. The largest absolute Gasteiger partial charge is 0.480 e. The van der Waals surface area contributed by atoms with Gasteiger partial charge < -0.3 is 9.63 Å². The fourth-order valence-electron chi connectivity index (χ4n) is 1.48. The van der Waals surface area contributed by atoms with Crippen LogP contribution in [0.5, 0.6) is 0 Å². The standard InChI is InChI=1S/C13H14N2O3/c1-9(13(16)17)14-8-11-7-12(18-15-11)10-5-3-2-4-6-10/h2-7,9,14H,8H2,1H3,(H,16,17)/t9-/m1/s1. The summed E-state index contributed by atoms with van der Waals surface area (Å²) in [5.41, 5.74) is 1.63. The molecule has 0 radical (unpaired) electrons. The predicted octanol–water partition coefficient (Wildman–Crippen LogP) is 1.90. The Hall–Kier alpha value is -2.14. The molecular weight excluding hydrogens is 232 g/mol. The van der Waals surface area contributed by atoms with E-state index in [1.165, 1.54) is 0 Å². The minimum atomic E-state index is -0.887. The average molecular weight is 246 g/mol. The summed E-state index contributed by atoms with van der Waals surface area (Å²) in [6.45, 7) is 1.95. The van der Waals surface area contributed by atoms with Crippen molar-refractivity contribution in [3.05, 3.63) is 42.1 Å². The molecule has 2 N–H and O–H groups in total. The van der Waals surface area contributed by atoms with Gasteiger partial charge in [0.25, 0.3) is 0 Å². The monoisotopic (exact) mass is 246 g/mol. The number of nitrogens with one attached hydrogen (secondary N) is 1. The molecule has 0 spiro atoms. The topological polar surface area (TPSA) is 75.4 Å². The highest BCUT2D eigenvalue weighted by atomic mass is 16.5. The van der Waals surface area contributed by atoms with E-state index in [0.717, 1.165) is 5.56 Å². The normalized spacial score (nSPS) is 12.3. The van der Waals surface area contributed by atoms with E-state index in [2.05, 4.69) is 10.5 Å². The van der Waals surface area contributed by atoms with Crippen molar-refractivity contribution in [3.8, 4) is 11.3 Å². The number of aromatic nitrogens is 1. The Morgan fingerprint density at radius 1 is 1.44 bits per heavy atom. The summed E-state index contributed by atoms with van der Waals surface area (Å²) in [4.78, 5) is 10.6. The fraction of sp³-hybridized carbons (Fsp3) is 0.231. The van der Waals surface area contributed by atoms with Crippen molar-refractivity contribution in [2.75, 3.05) is 0 Å². The number of carbonyl (C=O) groups is 1. The van der Waals surface area contributed by atoms with Gasteiger partial charge in [-0.15, -0.1) is 0 Å². The maximum atomic E-state index is 10.6. The van der Waals surface area contributed by atoms with Crippen LogP contribution in [-0.4, -0.2) is 22.3 Å². The minimum Gasteiger partial charge on any atom is -0.480 e. The highest BCUT2D eigenvalue weighted by molar-refractivity contribution is 5.72. The molecule has 0 saturated carbocycles. The number of benzene rings is 1. The highest BCUT2D eigenvalue weighted by Gasteiger charge is 2.11. The van der Waals surface area contributed by atoms with Gasteiger partial charge in [0.1, 0.15) is 6.04 Å². The number of nitrogens with zero attached hydrogens (tertiary/aromatic N) is 1. The van der Waals surface area contributed by atoms with Crippen LogP contribution in [0.25, 0.3) is 11.3 Å². The van der Waals surface area contributed by atoms with E-state index in [1.807, 2.05) is 30.3 Å². The van der Waals surface area contributed by atoms with Crippen LogP contribution in [-0.2, 0) is 11.3 Å². The first-order chi connectivity index (χ1) is 8.66. The quantitative estimate of drug-likeness (QED) is 0.842. The van der Waals surface area contributed by atoms with Crippen molar-refractivity contribution in [1.82, 2.24) is 10.5 Å². The molecule has 0 bridgehead atoms. The maximum absolute atomic E-state index is 10.6. The van der Waals surface area contributed by atoms with Gasteiger partial charge in [0, 0.05) is 18.2 Å². The molecule has 2 rings (SSSR count). The second-order valence-electron chi connectivity index (χ2n) is 3.99. The second-order valence-corrected chi connectivity index (χ2v) is 3.99. The first-order valence-electron chi connectivity index (χ1n) is 5.64. The number of hydrogen-bond acceptors (Lipinski definition) is 4. The molecule has 0 saturated heterocycles. The summed E-state index contributed by atoms with van der Waals surface area (Å²) in [5, 5.41) is 15.5. The molecule has 1 heterocycles. The van der Waals surface area contributed by atoms with Gasteiger partial charge in [-0.2, -0.15) is 0 Å². The van der Waals surface area contributed by atoms with Crippen molar-refractivity contribution in [2.45, 2.75) is 19.5 Å². The third-order valence-corrected chi connectivity index (χ3v) is 2.58. The number of rotatable bonds is 5. The SMILES string of the molecule is C[C@@H](NCc1cc(-c2ccccc2)on1)C(=O)O. The van der Waals surface area contributed by atoms with E-state index in [4.69, 9.17) is 9.63 Å². The van der Waals surface area contributed by atoms with Crippen LogP contribution in [0.4, 0.5) is 0 Å². The Bertz CT molecular complexity index is 522. The van der Waals surface area contributed by atoms with Crippen LogP contribution in [0.3, 0.4) is 0 Å². The fourth-order valence-corrected chi connectivity index (χ4v) is 1.48. The summed E-state index contributed by atoms with van der Waals surface area (Å²) in [7, 11) is 0. The number of carboxylic acids is 1. The average Bonchev–Trinajstić information content (AvgIpc) is 2.85. The lowest BCUT2D eigenvalue weighted by Crippen LogP contribution is -2.33. The Morgan fingerprint density at radius 3 is 2.83 bits per heavy atom. The van der Waals surface area contributed by atoms with E-state index < -0.39 is 12.0 Å². The van der Waals surface area contributed by atoms with Crippen LogP contribution >= 0.6 is 0 Å². The van der Waals surface area contributed by atoms with Gasteiger partial charge >= 0.3 is 5.97 Å². The lowest BCUT2D eigenvalue weighted by molar-refractivity contribution is -0.139. The summed E-state index contributed by atoms with van der Waals surface area (Å²) in [5.74, 6) is -0.211. The van der Waals surface area contributed by atoms with Gasteiger partial charge in [0.05, 0.1) is 5.69 Å². The highest BCUT2D eigenvalue weighted by Crippen LogP contribution is 2.19. The third-order valence-electron chi connectivity index (χ3n) is 2.58. The molecule has 0 fully saturated rings. The smallest absolute Gasteiger partial charge is 0.320 e. The molecule has 0 unspecified atom stereocenters. The second kappa shape index (κ2) is 5.46. The van der Waals surface area contributed by atoms with Crippen LogP contribution in [0.15, 0.2) is 40.9 Å². The molecule has 2 aromatic rings. The van der Waals surface area contributed by atoms with E-state index in [9.17, 15) is 4.79 Å². The molecule has 94 valence electrons. The number of carboxylic acid groups (broad SMARTS) is 1. The van der Waals surface area contributed by atoms with Crippen molar-refractivity contribution >= 4 is 5.97 Å². The van der Waals surface area contributed by atoms with E-state index in [-0.39, 0.29) is 0 Å². The zero-order valence-corrected chi connectivity index (χ0v) is 9.96. The van der Waals surface area contributed by atoms with Crippen LogP contribution in [0, 0.1) is 0 Å². The lowest BCUT2D eigenvalue weighted by Gasteiger charge is -2.05. The van der Waals surface area contributed by atoms with Gasteiger partial charge in [-0.1, -0.05) is 35.5 Å². The number of aliphatic carboxylic acids is 1. The predicted molar refractivity (Wildman–Crippen MR) is 65.9 cm³/mol.